The molecule has 0 aromatic heterocycles. The second-order valence-electron chi connectivity index (χ2n) is 9.49. The fraction of sp³-hybridized carbons (Fsp3) is 0.536. The number of hydrogen-bond acceptors (Lipinski definition) is 4. The van der Waals surface area contributed by atoms with Gasteiger partial charge in [0.25, 0.3) is 0 Å². The molecule has 0 aliphatic heterocycles. The summed E-state index contributed by atoms with van der Waals surface area (Å²) in [6.45, 7) is 6.22. The molecule has 1 aliphatic carbocycles. The second-order valence-corrected chi connectivity index (χ2v) is 9.49. The van der Waals surface area contributed by atoms with E-state index in [0.717, 1.165) is 56.7 Å². The standard InChI is InChI=1S/C28H39NO4/c1-20(2)28(19-27(30)31)23(13-12-22-9-5-6-10-24(22)28)15-17-29-16-7-8-21-11-14-25(32-3)26(18-21)33-4/h5-6,9-11,14,18,20,23,29H,7-8,12-13,15-17,19H2,1-4H3,(H,30,31). The summed E-state index contributed by atoms with van der Waals surface area (Å²) in [6, 6.07) is 14.6. The summed E-state index contributed by atoms with van der Waals surface area (Å²) >= 11 is 0. The number of benzene rings is 2. The molecule has 2 aromatic carbocycles. The van der Waals surface area contributed by atoms with Crippen molar-refractivity contribution >= 4 is 5.97 Å². The quantitative estimate of drug-likeness (QED) is 0.430. The van der Waals surface area contributed by atoms with Gasteiger partial charge in [0.05, 0.1) is 20.6 Å². The van der Waals surface area contributed by atoms with Crippen LogP contribution < -0.4 is 14.8 Å². The predicted octanol–water partition coefficient (Wildman–Crippen LogP) is 5.25. The lowest BCUT2D eigenvalue weighted by Crippen LogP contribution is -2.46. The van der Waals surface area contributed by atoms with E-state index in [2.05, 4.69) is 49.5 Å². The van der Waals surface area contributed by atoms with Gasteiger partial charge >= 0.3 is 5.97 Å². The molecular formula is C28H39NO4. The topological polar surface area (TPSA) is 67.8 Å². The van der Waals surface area contributed by atoms with Gasteiger partial charge in [0.2, 0.25) is 0 Å². The Bertz CT molecular complexity index is 926. The van der Waals surface area contributed by atoms with Gasteiger partial charge in [0.15, 0.2) is 11.5 Å². The van der Waals surface area contributed by atoms with E-state index in [1.807, 2.05) is 12.1 Å². The van der Waals surface area contributed by atoms with Gasteiger partial charge in [-0.3, -0.25) is 4.79 Å². The van der Waals surface area contributed by atoms with Gasteiger partial charge in [-0.1, -0.05) is 44.2 Å². The minimum atomic E-state index is -0.701. The summed E-state index contributed by atoms with van der Waals surface area (Å²) in [7, 11) is 3.31. The Morgan fingerprint density at radius 2 is 1.88 bits per heavy atom. The molecule has 1 aliphatic rings. The first kappa shape index (κ1) is 25.1. The molecule has 2 atom stereocenters. The van der Waals surface area contributed by atoms with Crippen molar-refractivity contribution in [2.45, 2.75) is 57.8 Å². The lowest BCUT2D eigenvalue weighted by molar-refractivity contribution is -0.140. The van der Waals surface area contributed by atoms with Gasteiger partial charge < -0.3 is 19.9 Å². The monoisotopic (exact) mass is 453 g/mol. The third kappa shape index (κ3) is 5.70. The molecule has 2 unspecified atom stereocenters. The molecule has 0 amide bonds. The minimum Gasteiger partial charge on any atom is -0.493 e. The third-order valence-electron chi connectivity index (χ3n) is 7.42. The number of rotatable bonds is 12. The van der Waals surface area contributed by atoms with Crippen molar-refractivity contribution < 1.29 is 19.4 Å². The van der Waals surface area contributed by atoms with E-state index < -0.39 is 5.97 Å². The SMILES string of the molecule is COc1ccc(CCCNCCC2CCc3ccccc3C2(CC(=O)O)C(C)C)cc1OC. The molecule has 180 valence electrons. The van der Waals surface area contributed by atoms with Crippen molar-refractivity contribution in [3.63, 3.8) is 0 Å². The van der Waals surface area contributed by atoms with Crippen molar-refractivity contribution in [1.29, 1.82) is 0 Å². The third-order valence-corrected chi connectivity index (χ3v) is 7.42. The molecule has 33 heavy (non-hydrogen) atoms. The van der Waals surface area contributed by atoms with Gasteiger partial charge in [-0.25, -0.2) is 0 Å². The van der Waals surface area contributed by atoms with Crippen LogP contribution in [-0.4, -0.2) is 38.4 Å². The molecule has 0 heterocycles. The Labute approximate surface area is 198 Å². The number of nitrogens with one attached hydrogen (secondary N) is 1. The minimum absolute atomic E-state index is 0.200. The lowest BCUT2D eigenvalue weighted by atomic mass is 9.55. The molecule has 5 heteroatoms. The lowest BCUT2D eigenvalue weighted by Gasteiger charge is -2.48. The highest BCUT2D eigenvalue weighted by atomic mass is 16.5. The van der Waals surface area contributed by atoms with E-state index in [1.165, 1.54) is 16.7 Å². The van der Waals surface area contributed by atoms with E-state index in [0.29, 0.717) is 5.92 Å². The Morgan fingerprint density at radius 1 is 1.12 bits per heavy atom. The first-order chi connectivity index (χ1) is 15.9. The molecule has 2 N–H and O–H groups in total. The largest absolute Gasteiger partial charge is 0.493 e. The molecule has 0 radical (unpaired) electrons. The highest BCUT2D eigenvalue weighted by Crippen LogP contribution is 2.50. The van der Waals surface area contributed by atoms with Crippen LogP contribution in [0.5, 0.6) is 11.5 Å². The van der Waals surface area contributed by atoms with Gasteiger partial charge in [-0.2, -0.15) is 0 Å². The Hall–Kier alpha value is -2.53. The number of carbonyl (C=O) groups is 1. The molecule has 0 spiro atoms. The number of hydrogen-bond donors (Lipinski definition) is 2. The maximum atomic E-state index is 11.9. The maximum absolute atomic E-state index is 11.9. The summed E-state index contributed by atoms with van der Waals surface area (Å²) in [5.41, 5.74) is 3.51. The molecule has 0 saturated heterocycles. The molecule has 2 aromatic rings. The average molecular weight is 454 g/mol. The van der Waals surface area contributed by atoms with Crippen molar-refractivity contribution in [2.75, 3.05) is 27.3 Å². The van der Waals surface area contributed by atoms with Gasteiger partial charge in [0, 0.05) is 5.41 Å². The summed E-state index contributed by atoms with van der Waals surface area (Å²) in [5.74, 6) is 1.45. The molecule has 0 fully saturated rings. The summed E-state index contributed by atoms with van der Waals surface area (Å²) < 4.78 is 10.7. The number of ether oxygens (including phenoxy) is 2. The molecular weight excluding hydrogens is 414 g/mol. The Balaban J connectivity index is 1.57. The Morgan fingerprint density at radius 3 is 2.58 bits per heavy atom. The van der Waals surface area contributed by atoms with Gasteiger partial charge in [-0.15, -0.1) is 0 Å². The highest BCUT2D eigenvalue weighted by molar-refractivity contribution is 5.70. The van der Waals surface area contributed by atoms with Crippen LogP contribution in [0.1, 0.15) is 56.2 Å². The van der Waals surface area contributed by atoms with Crippen LogP contribution in [-0.2, 0) is 23.1 Å². The predicted molar refractivity (Wildman–Crippen MR) is 132 cm³/mol. The van der Waals surface area contributed by atoms with Crippen LogP contribution >= 0.6 is 0 Å². The van der Waals surface area contributed by atoms with Crippen molar-refractivity contribution in [2.24, 2.45) is 11.8 Å². The zero-order chi connectivity index (χ0) is 23.8. The number of aryl methyl sites for hydroxylation is 2. The smallest absolute Gasteiger partial charge is 0.304 e. The first-order valence-corrected chi connectivity index (χ1v) is 12.1. The summed E-state index contributed by atoms with van der Waals surface area (Å²) in [6.07, 6.45) is 5.29. The number of carboxylic acid groups (broad SMARTS) is 1. The molecule has 3 rings (SSSR count). The molecule has 5 nitrogen and oxygen atoms in total. The van der Waals surface area contributed by atoms with E-state index in [4.69, 9.17) is 9.47 Å². The number of aliphatic carboxylic acids is 1. The maximum Gasteiger partial charge on any atom is 0.304 e. The fourth-order valence-electron chi connectivity index (χ4n) is 5.73. The van der Waals surface area contributed by atoms with E-state index >= 15 is 0 Å². The molecule has 0 bridgehead atoms. The van der Waals surface area contributed by atoms with E-state index in [9.17, 15) is 9.90 Å². The molecule has 0 saturated carbocycles. The van der Waals surface area contributed by atoms with Crippen LogP contribution in [0.15, 0.2) is 42.5 Å². The number of fused-ring (bicyclic) bond motifs is 1. The van der Waals surface area contributed by atoms with Crippen molar-refractivity contribution in [1.82, 2.24) is 5.32 Å². The normalized spacial score (nSPS) is 19.8. The zero-order valence-corrected chi connectivity index (χ0v) is 20.5. The van der Waals surface area contributed by atoms with Gasteiger partial charge in [-0.05, 0) is 85.9 Å². The summed E-state index contributed by atoms with van der Waals surface area (Å²) in [5, 5.41) is 13.4. The average Bonchev–Trinajstić information content (AvgIpc) is 2.81. The zero-order valence-electron chi connectivity index (χ0n) is 20.5. The van der Waals surface area contributed by atoms with Crippen LogP contribution in [0.4, 0.5) is 0 Å². The highest BCUT2D eigenvalue weighted by Gasteiger charge is 2.47. The van der Waals surface area contributed by atoms with Crippen LogP contribution in [0.3, 0.4) is 0 Å². The van der Waals surface area contributed by atoms with Crippen molar-refractivity contribution in [3.8, 4) is 11.5 Å². The van der Waals surface area contributed by atoms with Gasteiger partial charge in [0.1, 0.15) is 0 Å². The first-order valence-electron chi connectivity index (χ1n) is 12.1. The van der Waals surface area contributed by atoms with Crippen LogP contribution in [0.2, 0.25) is 0 Å². The second kappa shape index (κ2) is 11.6. The van der Waals surface area contributed by atoms with E-state index in [-0.39, 0.29) is 17.8 Å². The Kier molecular flexibility index (Phi) is 8.79. The fourth-order valence-corrected chi connectivity index (χ4v) is 5.73. The summed E-state index contributed by atoms with van der Waals surface area (Å²) in [4.78, 5) is 11.9. The number of carboxylic acids is 1. The van der Waals surface area contributed by atoms with Crippen molar-refractivity contribution in [3.05, 3.63) is 59.2 Å². The van der Waals surface area contributed by atoms with E-state index in [1.54, 1.807) is 14.2 Å². The van der Waals surface area contributed by atoms with Crippen LogP contribution in [0, 0.1) is 11.8 Å². The number of methoxy groups -OCH3 is 2. The van der Waals surface area contributed by atoms with Crippen LogP contribution in [0.25, 0.3) is 0 Å².